The minimum absolute atomic E-state index is 0.502. The van der Waals surface area contributed by atoms with Crippen molar-refractivity contribution in [3.63, 3.8) is 0 Å². The van der Waals surface area contributed by atoms with E-state index in [1.807, 2.05) is 17.7 Å². The highest BCUT2D eigenvalue weighted by Crippen LogP contribution is 2.29. The standard InChI is InChI=1S/C16H22N4O/c1-3-20-16(17-11-18-20)10-15(21)13-6-7-14-12(9-13)5-4-8-19(14)2/h6-7,9,11,15,21H,3-5,8,10H2,1-2H3. The minimum atomic E-state index is -0.531. The summed E-state index contributed by atoms with van der Waals surface area (Å²) in [7, 11) is 2.12. The topological polar surface area (TPSA) is 54.2 Å². The zero-order valence-corrected chi connectivity index (χ0v) is 12.7. The van der Waals surface area contributed by atoms with Crippen LogP contribution in [0.3, 0.4) is 0 Å². The average Bonchev–Trinajstić information content (AvgIpc) is 2.94. The second-order valence-electron chi connectivity index (χ2n) is 5.63. The lowest BCUT2D eigenvalue weighted by Crippen LogP contribution is -2.24. The van der Waals surface area contributed by atoms with Crippen LogP contribution in [0.5, 0.6) is 0 Å². The Morgan fingerprint density at radius 2 is 2.24 bits per heavy atom. The van der Waals surface area contributed by atoms with Crippen LogP contribution in [0.15, 0.2) is 24.5 Å². The van der Waals surface area contributed by atoms with Crippen molar-refractivity contribution in [1.29, 1.82) is 0 Å². The summed E-state index contributed by atoms with van der Waals surface area (Å²) in [6, 6.07) is 6.29. The Morgan fingerprint density at radius 1 is 1.38 bits per heavy atom. The lowest BCUT2D eigenvalue weighted by Gasteiger charge is -2.28. The van der Waals surface area contributed by atoms with Crippen molar-refractivity contribution in [2.75, 3.05) is 18.5 Å². The van der Waals surface area contributed by atoms with Gasteiger partial charge in [-0.15, -0.1) is 0 Å². The lowest BCUT2D eigenvalue weighted by atomic mass is 9.96. The summed E-state index contributed by atoms with van der Waals surface area (Å²) in [5.41, 5.74) is 3.58. The zero-order valence-electron chi connectivity index (χ0n) is 12.7. The van der Waals surface area contributed by atoms with E-state index >= 15 is 0 Å². The van der Waals surface area contributed by atoms with E-state index in [9.17, 15) is 5.11 Å². The maximum absolute atomic E-state index is 10.5. The number of hydrogen-bond acceptors (Lipinski definition) is 4. The predicted molar refractivity (Wildman–Crippen MR) is 82.4 cm³/mol. The van der Waals surface area contributed by atoms with E-state index in [4.69, 9.17) is 0 Å². The molecular formula is C16H22N4O. The van der Waals surface area contributed by atoms with Gasteiger partial charge < -0.3 is 10.0 Å². The quantitative estimate of drug-likeness (QED) is 0.933. The molecule has 0 bridgehead atoms. The Labute approximate surface area is 125 Å². The van der Waals surface area contributed by atoms with E-state index in [2.05, 4.69) is 34.2 Å². The highest BCUT2D eigenvalue weighted by Gasteiger charge is 2.17. The second-order valence-corrected chi connectivity index (χ2v) is 5.63. The molecule has 1 unspecified atom stereocenters. The first-order valence-electron chi connectivity index (χ1n) is 7.57. The molecule has 0 saturated carbocycles. The summed E-state index contributed by atoms with van der Waals surface area (Å²) < 4.78 is 1.83. The molecule has 1 atom stereocenters. The molecule has 1 N–H and O–H groups in total. The maximum Gasteiger partial charge on any atom is 0.138 e. The number of aryl methyl sites for hydroxylation is 2. The van der Waals surface area contributed by atoms with E-state index in [-0.39, 0.29) is 0 Å². The molecule has 0 amide bonds. The van der Waals surface area contributed by atoms with Gasteiger partial charge in [0.05, 0.1) is 6.10 Å². The lowest BCUT2D eigenvalue weighted by molar-refractivity contribution is 0.174. The number of benzene rings is 1. The Hall–Kier alpha value is -1.88. The van der Waals surface area contributed by atoms with Crippen molar-refractivity contribution in [3.8, 4) is 0 Å². The highest BCUT2D eigenvalue weighted by atomic mass is 16.3. The molecule has 0 saturated heterocycles. The zero-order chi connectivity index (χ0) is 14.8. The average molecular weight is 286 g/mol. The largest absolute Gasteiger partial charge is 0.388 e. The summed E-state index contributed by atoms with van der Waals surface area (Å²) in [6.07, 6.45) is 3.78. The van der Waals surface area contributed by atoms with E-state index < -0.39 is 6.10 Å². The van der Waals surface area contributed by atoms with Crippen molar-refractivity contribution in [3.05, 3.63) is 41.5 Å². The molecule has 2 aromatic rings. The molecular weight excluding hydrogens is 264 g/mol. The van der Waals surface area contributed by atoms with Gasteiger partial charge in [-0.3, -0.25) is 4.68 Å². The van der Waals surface area contributed by atoms with Crippen LogP contribution in [0.2, 0.25) is 0 Å². The monoisotopic (exact) mass is 286 g/mol. The van der Waals surface area contributed by atoms with Gasteiger partial charge in [-0.25, -0.2) is 4.98 Å². The molecule has 0 radical (unpaired) electrons. The van der Waals surface area contributed by atoms with E-state index in [1.165, 1.54) is 17.7 Å². The van der Waals surface area contributed by atoms with Crippen LogP contribution in [0.1, 0.15) is 36.4 Å². The number of rotatable bonds is 4. The van der Waals surface area contributed by atoms with Gasteiger partial charge >= 0.3 is 0 Å². The number of aliphatic hydroxyl groups excluding tert-OH is 1. The van der Waals surface area contributed by atoms with Crippen molar-refractivity contribution in [1.82, 2.24) is 14.8 Å². The summed E-state index contributed by atoms with van der Waals surface area (Å²) in [5, 5.41) is 14.6. The molecule has 1 aliphatic rings. The molecule has 21 heavy (non-hydrogen) atoms. The molecule has 0 fully saturated rings. The minimum Gasteiger partial charge on any atom is -0.388 e. The molecule has 0 aliphatic carbocycles. The van der Waals surface area contributed by atoms with Gasteiger partial charge in [0.1, 0.15) is 12.2 Å². The molecule has 1 aliphatic heterocycles. The number of aliphatic hydroxyl groups is 1. The van der Waals surface area contributed by atoms with E-state index in [0.29, 0.717) is 6.42 Å². The molecule has 5 heteroatoms. The first-order chi connectivity index (χ1) is 10.2. The van der Waals surface area contributed by atoms with Crippen LogP contribution in [-0.4, -0.2) is 33.5 Å². The van der Waals surface area contributed by atoms with Crippen LogP contribution in [0, 0.1) is 0 Å². The fourth-order valence-electron chi connectivity index (χ4n) is 3.01. The number of aromatic nitrogens is 3. The smallest absolute Gasteiger partial charge is 0.138 e. The van der Waals surface area contributed by atoms with Crippen LogP contribution in [0.4, 0.5) is 5.69 Å². The van der Waals surface area contributed by atoms with Crippen molar-refractivity contribution >= 4 is 5.69 Å². The first kappa shape index (κ1) is 14.1. The molecule has 1 aromatic heterocycles. The Morgan fingerprint density at radius 3 is 3.05 bits per heavy atom. The predicted octanol–water partition coefficient (Wildman–Crippen LogP) is 1.96. The second kappa shape index (κ2) is 5.85. The van der Waals surface area contributed by atoms with Gasteiger partial charge in [-0.2, -0.15) is 5.10 Å². The Kier molecular flexibility index (Phi) is 3.92. The summed E-state index contributed by atoms with van der Waals surface area (Å²) in [4.78, 5) is 6.52. The number of hydrogen-bond donors (Lipinski definition) is 1. The van der Waals surface area contributed by atoms with Crippen molar-refractivity contribution < 1.29 is 5.11 Å². The maximum atomic E-state index is 10.5. The Balaban J connectivity index is 1.80. The van der Waals surface area contributed by atoms with Crippen LogP contribution in [-0.2, 0) is 19.4 Å². The fraction of sp³-hybridized carbons (Fsp3) is 0.500. The third-order valence-electron chi connectivity index (χ3n) is 4.21. The van der Waals surface area contributed by atoms with Gasteiger partial charge in [-0.1, -0.05) is 12.1 Å². The first-order valence-corrected chi connectivity index (χ1v) is 7.57. The van der Waals surface area contributed by atoms with Crippen molar-refractivity contribution in [2.24, 2.45) is 0 Å². The Bertz CT molecular complexity index is 622. The van der Waals surface area contributed by atoms with Crippen LogP contribution < -0.4 is 4.90 Å². The van der Waals surface area contributed by atoms with Gasteiger partial charge in [0.15, 0.2) is 0 Å². The van der Waals surface area contributed by atoms with Gasteiger partial charge in [0.25, 0.3) is 0 Å². The van der Waals surface area contributed by atoms with E-state index in [1.54, 1.807) is 6.33 Å². The van der Waals surface area contributed by atoms with Gasteiger partial charge in [0, 0.05) is 32.2 Å². The van der Waals surface area contributed by atoms with Gasteiger partial charge in [0.2, 0.25) is 0 Å². The molecule has 3 rings (SSSR count). The van der Waals surface area contributed by atoms with E-state index in [0.717, 1.165) is 30.9 Å². The van der Waals surface area contributed by atoms with Crippen molar-refractivity contribution in [2.45, 2.75) is 38.8 Å². The molecule has 112 valence electrons. The molecule has 2 heterocycles. The van der Waals surface area contributed by atoms with Crippen LogP contribution in [0.25, 0.3) is 0 Å². The SMILES string of the molecule is CCn1ncnc1CC(O)c1ccc2c(c1)CCCN2C. The highest BCUT2D eigenvalue weighted by molar-refractivity contribution is 5.56. The number of fused-ring (bicyclic) bond motifs is 1. The normalized spacial score (nSPS) is 15.9. The molecule has 0 spiro atoms. The number of nitrogens with zero attached hydrogens (tertiary/aromatic N) is 4. The molecule has 5 nitrogen and oxygen atoms in total. The summed E-state index contributed by atoms with van der Waals surface area (Å²) in [6.45, 7) is 3.91. The van der Waals surface area contributed by atoms with Crippen LogP contribution >= 0.6 is 0 Å². The van der Waals surface area contributed by atoms with Gasteiger partial charge in [-0.05, 0) is 37.0 Å². The fourth-order valence-corrected chi connectivity index (χ4v) is 3.01. The molecule has 1 aromatic carbocycles. The third kappa shape index (κ3) is 2.78. The number of anilines is 1. The summed E-state index contributed by atoms with van der Waals surface area (Å²) >= 11 is 0. The summed E-state index contributed by atoms with van der Waals surface area (Å²) in [5.74, 6) is 0.833. The third-order valence-corrected chi connectivity index (χ3v) is 4.21.